The fourth-order valence-electron chi connectivity index (χ4n) is 6.05. The summed E-state index contributed by atoms with van der Waals surface area (Å²) < 4.78 is 1.98. The van der Waals surface area contributed by atoms with Gasteiger partial charge in [0.05, 0.1) is 5.02 Å². The van der Waals surface area contributed by atoms with E-state index in [0.29, 0.717) is 34.9 Å². The number of carbonyl (C=O) groups excluding carboxylic acids is 3. The van der Waals surface area contributed by atoms with Gasteiger partial charge in [-0.05, 0) is 48.6 Å². The van der Waals surface area contributed by atoms with Gasteiger partial charge in [-0.15, -0.1) is 0 Å². The Balaban J connectivity index is 1.36. The van der Waals surface area contributed by atoms with E-state index in [1.54, 1.807) is 19.1 Å². The molecule has 5 rings (SSSR count). The molecule has 3 amide bonds. The third kappa shape index (κ3) is 3.98. The number of aromatic nitrogens is 2. The number of carbonyl (C=O) groups is 3. The van der Waals surface area contributed by atoms with E-state index in [2.05, 4.69) is 24.1 Å². The highest BCUT2D eigenvalue weighted by Gasteiger charge is 2.44. The van der Waals surface area contributed by atoms with E-state index in [4.69, 9.17) is 17.3 Å². The number of hydrogen-bond donors (Lipinski definition) is 2. The van der Waals surface area contributed by atoms with E-state index in [0.717, 1.165) is 49.2 Å². The average Bonchev–Trinajstić information content (AvgIpc) is 3.46. The summed E-state index contributed by atoms with van der Waals surface area (Å²) in [6, 6.07) is 3.57. The van der Waals surface area contributed by atoms with Crippen LogP contribution in [0.1, 0.15) is 49.8 Å². The molecule has 3 N–H and O–H groups in total. The molecule has 3 atom stereocenters. The SMILES string of the molecule is CC(=O)N1C[C@H]2CC(C(=O)Nc3cc(-c4cc(C(N)=O)n5c4CC(C)(C)C5)c(Cl)cn3)C[C@H]2C1. The second kappa shape index (κ2) is 8.12. The summed E-state index contributed by atoms with van der Waals surface area (Å²) in [7, 11) is 0. The van der Waals surface area contributed by atoms with E-state index < -0.39 is 5.91 Å². The highest BCUT2D eigenvalue weighted by molar-refractivity contribution is 6.33. The molecule has 9 heteroatoms. The number of pyridine rings is 1. The molecule has 180 valence electrons. The first-order valence-electron chi connectivity index (χ1n) is 11.8. The minimum Gasteiger partial charge on any atom is -0.364 e. The minimum atomic E-state index is -0.473. The maximum Gasteiger partial charge on any atom is 0.265 e. The number of anilines is 1. The molecule has 1 aliphatic carbocycles. The summed E-state index contributed by atoms with van der Waals surface area (Å²) in [4.78, 5) is 43.0. The fourth-order valence-corrected chi connectivity index (χ4v) is 6.25. The van der Waals surface area contributed by atoms with Crippen molar-refractivity contribution in [3.8, 4) is 11.1 Å². The van der Waals surface area contributed by atoms with Gasteiger partial charge in [-0.25, -0.2) is 4.98 Å². The van der Waals surface area contributed by atoms with Crippen molar-refractivity contribution < 1.29 is 14.4 Å². The van der Waals surface area contributed by atoms with E-state index in [1.807, 2.05) is 9.47 Å². The molecule has 2 aliphatic heterocycles. The van der Waals surface area contributed by atoms with E-state index >= 15 is 0 Å². The number of fused-ring (bicyclic) bond motifs is 2. The summed E-state index contributed by atoms with van der Waals surface area (Å²) >= 11 is 6.53. The van der Waals surface area contributed by atoms with Gasteiger partial charge in [-0.2, -0.15) is 0 Å². The van der Waals surface area contributed by atoms with Gasteiger partial charge in [0.15, 0.2) is 0 Å². The number of primary amides is 1. The fraction of sp³-hybridized carbons (Fsp3) is 0.520. The first kappa shape index (κ1) is 22.9. The largest absolute Gasteiger partial charge is 0.364 e. The lowest BCUT2D eigenvalue weighted by Crippen LogP contribution is -2.29. The van der Waals surface area contributed by atoms with Gasteiger partial charge in [-0.1, -0.05) is 25.4 Å². The molecule has 34 heavy (non-hydrogen) atoms. The van der Waals surface area contributed by atoms with Gasteiger partial charge >= 0.3 is 0 Å². The molecular weight excluding hydrogens is 454 g/mol. The highest BCUT2D eigenvalue weighted by Crippen LogP contribution is 2.43. The quantitative estimate of drug-likeness (QED) is 0.694. The van der Waals surface area contributed by atoms with Crippen LogP contribution in [-0.4, -0.2) is 45.3 Å². The van der Waals surface area contributed by atoms with E-state index in [-0.39, 0.29) is 23.1 Å². The molecular formula is C25H30ClN5O3. The number of halogens is 1. The Hall–Kier alpha value is -2.87. The molecule has 4 heterocycles. The Kier molecular flexibility index (Phi) is 5.47. The number of nitrogens with one attached hydrogen (secondary N) is 1. The lowest BCUT2D eigenvalue weighted by Gasteiger charge is -2.17. The maximum absolute atomic E-state index is 13.0. The molecule has 2 aromatic rings. The Morgan fingerprint density at radius 2 is 1.82 bits per heavy atom. The molecule has 3 aliphatic rings. The Bertz CT molecular complexity index is 1190. The predicted octanol–water partition coefficient (Wildman–Crippen LogP) is 3.33. The van der Waals surface area contributed by atoms with Crippen molar-refractivity contribution in [3.05, 3.63) is 34.7 Å². The van der Waals surface area contributed by atoms with E-state index in [1.165, 1.54) is 6.20 Å². The zero-order valence-corrected chi connectivity index (χ0v) is 20.5. The summed E-state index contributed by atoms with van der Waals surface area (Å²) in [5.41, 5.74) is 8.71. The van der Waals surface area contributed by atoms with Crippen LogP contribution in [0.15, 0.2) is 18.3 Å². The van der Waals surface area contributed by atoms with Gasteiger partial charge in [0, 0.05) is 55.5 Å². The van der Waals surface area contributed by atoms with Gasteiger partial charge < -0.3 is 20.5 Å². The summed E-state index contributed by atoms with van der Waals surface area (Å²) in [6.07, 6.45) is 3.89. The Morgan fingerprint density at radius 3 is 2.44 bits per heavy atom. The average molecular weight is 484 g/mol. The number of amides is 3. The molecule has 2 fully saturated rings. The van der Waals surface area contributed by atoms with Crippen molar-refractivity contribution in [3.63, 3.8) is 0 Å². The van der Waals surface area contributed by atoms with Crippen LogP contribution in [0, 0.1) is 23.2 Å². The van der Waals surface area contributed by atoms with E-state index in [9.17, 15) is 14.4 Å². The third-order valence-electron chi connectivity index (χ3n) is 7.66. The van der Waals surface area contributed by atoms with Crippen molar-refractivity contribution in [2.45, 2.75) is 46.6 Å². The summed E-state index contributed by atoms with van der Waals surface area (Å²) in [5, 5.41) is 3.42. The van der Waals surface area contributed by atoms with Crippen LogP contribution >= 0.6 is 11.6 Å². The molecule has 2 aromatic heterocycles. The minimum absolute atomic E-state index is 0.00457. The van der Waals surface area contributed by atoms with Crippen molar-refractivity contribution in [1.82, 2.24) is 14.5 Å². The van der Waals surface area contributed by atoms with Gasteiger partial charge in [-0.3, -0.25) is 14.4 Å². The molecule has 0 aromatic carbocycles. The lowest BCUT2D eigenvalue weighted by molar-refractivity contribution is -0.128. The van der Waals surface area contributed by atoms with Crippen LogP contribution in [0.3, 0.4) is 0 Å². The van der Waals surface area contributed by atoms with Gasteiger partial charge in [0.25, 0.3) is 5.91 Å². The van der Waals surface area contributed by atoms with Crippen molar-refractivity contribution >= 4 is 35.1 Å². The number of nitrogens with two attached hydrogens (primary N) is 1. The van der Waals surface area contributed by atoms with Crippen LogP contribution in [0.2, 0.25) is 5.02 Å². The van der Waals surface area contributed by atoms with Crippen LogP contribution < -0.4 is 11.1 Å². The van der Waals surface area contributed by atoms with Crippen molar-refractivity contribution in [2.24, 2.45) is 28.9 Å². The molecule has 8 nitrogen and oxygen atoms in total. The molecule has 1 saturated heterocycles. The highest BCUT2D eigenvalue weighted by atomic mass is 35.5. The second-order valence-electron chi connectivity index (χ2n) is 10.8. The molecule has 0 bridgehead atoms. The maximum atomic E-state index is 13.0. The molecule has 0 radical (unpaired) electrons. The lowest BCUT2D eigenvalue weighted by atomic mass is 9.89. The van der Waals surface area contributed by atoms with Crippen molar-refractivity contribution in [2.75, 3.05) is 18.4 Å². The standard InChI is InChI=1S/C25H30ClN5O3/c1-13(32)30-10-15-4-14(5-16(15)11-30)24(34)29-22-7-17(19(26)9-28-22)18-6-20(23(27)33)31-12-25(2,3)8-21(18)31/h6-7,9,14-16H,4-5,8,10-12H2,1-3H3,(H2,27,33)(H,28,29,34)/t14?,15-,16+. The summed E-state index contributed by atoms with van der Waals surface area (Å²) in [5.74, 6) is 0.689. The first-order valence-corrected chi connectivity index (χ1v) is 12.1. The van der Waals surface area contributed by atoms with Crippen LogP contribution in [0.25, 0.3) is 11.1 Å². The summed E-state index contributed by atoms with van der Waals surface area (Å²) in [6.45, 7) is 8.10. The smallest absolute Gasteiger partial charge is 0.265 e. The number of likely N-dealkylation sites (tertiary alicyclic amines) is 1. The van der Waals surface area contributed by atoms with Crippen LogP contribution in [0.4, 0.5) is 5.82 Å². The normalized spacial score (nSPS) is 24.7. The van der Waals surface area contributed by atoms with Crippen LogP contribution in [-0.2, 0) is 22.6 Å². The molecule has 0 spiro atoms. The number of rotatable bonds is 4. The number of hydrogen-bond acceptors (Lipinski definition) is 4. The Morgan fingerprint density at radius 1 is 1.15 bits per heavy atom. The topological polar surface area (TPSA) is 110 Å². The third-order valence-corrected chi connectivity index (χ3v) is 7.96. The van der Waals surface area contributed by atoms with Gasteiger partial charge in [0.1, 0.15) is 11.5 Å². The zero-order chi connectivity index (χ0) is 24.4. The van der Waals surface area contributed by atoms with Gasteiger partial charge in [0.2, 0.25) is 11.8 Å². The van der Waals surface area contributed by atoms with Crippen molar-refractivity contribution in [1.29, 1.82) is 0 Å². The number of nitrogens with zero attached hydrogens (tertiary/aromatic N) is 3. The molecule has 1 unspecified atom stereocenters. The second-order valence-corrected chi connectivity index (χ2v) is 11.2. The Labute approximate surface area is 203 Å². The van der Waals surface area contributed by atoms with Crippen LogP contribution in [0.5, 0.6) is 0 Å². The molecule has 1 saturated carbocycles. The zero-order valence-electron chi connectivity index (χ0n) is 19.7. The predicted molar refractivity (Wildman–Crippen MR) is 129 cm³/mol. The first-order chi connectivity index (χ1) is 16.0. The monoisotopic (exact) mass is 483 g/mol.